The van der Waals surface area contributed by atoms with Crippen molar-refractivity contribution in [3.05, 3.63) is 66.7 Å². The molecule has 0 fully saturated rings. The van der Waals surface area contributed by atoms with E-state index < -0.39 is 20.2 Å². The molecule has 0 radical (unpaired) electrons. The van der Waals surface area contributed by atoms with Crippen LogP contribution in [0.15, 0.2) is 91.7 Å². The van der Waals surface area contributed by atoms with Crippen molar-refractivity contribution in [3.8, 4) is 0 Å². The molecule has 0 spiro atoms. The Bertz CT molecular complexity index is 1650. The molecule has 0 aromatic heterocycles. The van der Waals surface area contributed by atoms with E-state index in [1.165, 1.54) is 30.3 Å². The molecular weight excluding hydrogens is 454 g/mol. The van der Waals surface area contributed by atoms with E-state index in [2.05, 4.69) is 21.9 Å². The van der Waals surface area contributed by atoms with Gasteiger partial charge in [0.2, 0.25) is 0 Å². The molecular formula is C21H15N3O6S2. The molecule has 0 aliphatic heterocycles. The number of aliphatic imine (C=N–C) groups is 1. The molecule has 0 saturated heterocycles. The van der Waals surface area contributed by atoms with Gasteiger partial charge in [0.25, 0.3) is 20.2 Å². The average molecular weight is 470 g/mol. The molecule has 0 bridgehead atoms. The molecule has 4 rings (SSSR count). The highest BCUT2D eigenvalue weighted by Crippen LogP contribution is 2.37. The monoisotopic (exact) mass is 469 g/mol. The van der Waals surface area contributed by atoms with Crippen molar-refractivity contribution in [2.75, 3.05) is 0 Å². The quantitative estimate of drug-likeness (QED) is 0.232. The predicted molar refractivity (Wildman–Crippen MR) is 121 cm³/mol. The van der Waals surface area contributed by atoms with Gasteiger partial charge in [-0.2, -0.15) is 16.8 Å². The summed E-state index contributed by atoms with van der Waals surface area (Å²) in [5.74, 6) is 0. The molecule has 0 heterocycles. The smallest absolute Gasteiger partial charge is 0.282 e. The van der Waals surface area contributed by atoms with E-state index in [9.17, 15) is 25.9 Å². The highest BCUT2D eigenvalue weighted by molar-refractivity contribution is 7.86. The first-order valence-corrected chi connectivity index (χ1v) is 11.9. The summed E-state index contributed by atoms with van der Waals surface area (Å²) in [5.41, 5.74) is 1.14. The zero-order valence-electron chi connectivity index (χ0n) is 16.2. The fourth-order valence-electron chi connectivity index (χ4n) is 3.37. The van der Waals surface area contributed by atoms with E-state index in [-0.39, 0.29) is 9.79 Å². The number of benzene rings is 4. The van der Waals surface area contributed by atoms with E-state index in [0.29, 0.717) is 38.6 Å². The number of hydrogen-bond acceptors (Lipinski definition) is 7. The second-order valence-electron chi connectivity index (χ2n) is 6.75. The Morgan fingerprint density at radius 2 is 1.22 bits per heavy atom. The van der Waals surface area contributed by atoms with Crippen LogP contribution in [0.1, 0.15) is 0 Å². The molecule has 162 valence electrons. The summed E-state index contributed by atoms with van der Waals surface area (Å²) in [6, 6.07) is 16.4. The number of hydrogen-bond donors (Lipinski definition) is 2. The third kappa shape index (κ3) is 4.01. The first kappa shape index (κ1) is 21.7. The summed E-state index contributed by atoms with van der Waals surface area (Å²) in [5, 5.41) is 10.2. The van der Waals surface area contributed by atoms with Gasteiger partial charge in [-0.05, 0) is 43.1 Å². The van der Waals surface area contributed by atoms with Crippen LogP contribution in [-0.4, -0.2) is 32.7 Å². The minimum absolute atomic E-state index is 0.239. The lowest BCUT2D eigenvalue weighted by atomic mass is 10.1. The molecule has 2 N–H and O–H groups in total. The lowest BCUT2D eigenvalue weighted by Gasteiger charge is -2.07. The summed E-state index contributed by atoms with van der Waals surface area (Å²) >= 11 is 0. The molecule has 0 atom stereocenters. The predicted octanol–water partition coefficient (Wildman–Crippen LogP) is 5.23. The highest BCUT2D eigenvalue weighted by atomic mass is 32.2. The summed E-state index contributed by atoms with van der Waals surface area (Å²) in [6.07, 6.45) is 0. The number of azo groups is 1. The Labute approximate surface area is 183 Å². The van der Waals surface area contributed by atoms with Crippen molar-refractivity contribution < 1.29 is 25.9 Å². The summed E-state index contributed by atoms with van der Waals surface area (Å²) in [6.45, 7) is 3.47. The fourth-order valence-corrected chi connectivity index (χ4v) is 4.58. The van der Waals surface area contributed by atoms with Crippen molar-refractivity contribution >= 4 is 65.6 Å². The van der Waals surface area contributed by atoms with Crippen molar-refractivity contribution in [1.82, 2.24) is 0 Å². The zero-order valence-corrected chi connectivity index (χ0v) is 17.9. The SMILES string of the molecule is C=Nc1ccc(/N=N/c2cccc3c(S(=O)(=O)O)cccc23)c2ccc(S(=O)(=O)O)cc12. The van der Waals surface area contributed by atoms with Gasteiger partial charge in [0.15, 0.2) is 0 Å². The van der Waals surface area contributed by atoms with Gasteiger partial charge in [-0.1, -0.05) is 30.3 Å². The third-order valence-electron chi connectivity index (χ3n) is 4.81. The molecule has 32 heavy (non-hydrogen) atoms. The largest absolute Gasteiger partial charge is 0.295 e. The molecule has 0 saturated carbocycles. The van der Waals surface area contributed by atoms with Crippen LogP contribution in [0, 0.1) is 0 Å². The standard InChI is InChI=1S/C21H15N3O6S2/c1-22-18-10-11-20(15-9-8-13(12-17(15)18)31(25,26)27)24-23-19-6-2-5-16-14(19)4-3-7-21(16)32(28,29)30/h2-12H,1H2,(H,25,26,27)(H,28,29,30)/b24-23+. The van der Waals surface area contributed by atoms with Crippen LogP contribution in [0.5, 0.6) is 0 Å². The Hall–Kier alpha value is -3.51. The number of nitrogens with zero attached hydrogens (tertiary/aromatic N) is 3. The molecule has 0 unspecified atom stereocenters. The van der Waals surface area contributed by atoms with E-state index in [1.807, 2.05) is 0 Å². The average Bonchev–Trinajstić information content (AvgIpc) is 2.75. The summed E-state index contributed by atoms with van der Waals surface area (Å²) in [4.78, 5) is 3.34. The second kappa shape index (κ2) is 7.88. The Balaban J connectivity index is 1.88. The van der Waals surface area contributed by atoms with Gasteiger partial charge in [-0.15, -0.1) is 10.2 Å². The van der Waals surface area contributed by atoms with Crippen LogP contribution in [0.4, 0.5) is 17.1 Å². The van der Waals surface area contributed by atoms with Gasteiger partial charge < -0.3 is 0 Å². The molecule has 0 amide bonds. The number of fused-ring (bicyclic) bond motifs is 2. The van der Waals surface area contributed by atoms with Crippen molar-refractivity contribution in [2.45, 2.75) is 9.79 Å². The lowest BCUT2D eigenvalue weighted by molar-refractivity contribution is 0.481. The Kier molecular flexibility index (Phi) is 5.34. The molecule has 0 aliphatic carbocycles. The first-order chi connectivity index (χ1) is 15.1. The van der Waals surface area contributed by atoms with Crippen LogP contribution in [-0.2, 0) is 20.2 Å². The van der Waals surface area contributed by atoms with Crippen molar-refractivity contribution in [2.24, 2.45) is 15.2 Å². The summed E-state index contributed by atoms with van der Waals surface area (Å²) < 4.78 is 65.2. The minimum atomic E-state index is -4.42. The Morgan fingerprint density at radius 3 is 1.88 bits per heavy atom. The molecule has 9 nitrogen and oxygen atoms in total. The van der Waals surface area contributed by atoms with Gasteiger partial charge in [-0.25, -0.2) is 0 Å². The van der Waals surface area contributed by atoms with Gasteiger partial charge >= 0.3 is 0 Å². The lowest BCUT2D eigenvalue weighted by Crippen LogP contribution is -1.98. The number of rotatable bonds is 5. The molecule has 4 aromatic rings. The van der Waals surface area contributed by atoms with Crippen LogP contribution < -0.4 is 0 Å². The topological polar surface area (TPSA) is 146 Å². The van der Waals surface area contributed by atoms with Crippen molar-refractivity contribution in [1.29, 1.82) is 0 Å². The van der Waals surface area contributed by atoms with Gasteiger partial charge in [0.05, 0.1) is 22.0 Å². The van der Waals surface area contributed by atoms with Gasteiger partial charge in [0, 0.05) is 21.5 Å². The molecule has 0 aliphatic rings. The molecule has 11 heteroatoms. The maximum atomic E-state index is 11.7. The van der Waals surface area contributed by atoms with E-state index >= 15 is 0 Å². The maximum absolute atomic E-state index is 11.7. The third-order valence-corrected chi connectivity index (χ3v) is 6.57. The summed E-state index contributed by atoms with van der Waals surface area (Å²) in [7, 11) is -8.84. The van der Waals surface area contributed by atoms with E-state index in [1.54, 1.807) is 36.4 Å². The molecule has 4 aromatic carbocycles. The normalized spacial score (nSPS) is 12.6. The minimum Gasteiger partial charge on any atom is -0.282 e. The maximum Gasteiger partial charge on any atom is 0.295 e. The van der Waals surface area contributed by atoms with Gasteiger partial charge in [-0.3, -0.25) is 14.1 Å². The highest BCUT2D eigenvalue weighted by Gasteiger charge is 2.16. The Morgan fingerprint density at radius 1 is 0.625 bits per heavy atom. The van der Waals surface area contributed by atoms with E-state index in [4.69, 9.17) is 0 Å². The second-order valence-corrected chi connectivity index (χ2v) is 9.56. The first-order valence-electron chi connectivity index (χ1n) is 9.01. The van der Waals surface area contributed by atoms with Crippen molar-refractivity contribution in [3.63, 3.8) is 0 Å². The van der Waals surface area contributed by atoms with Crippen LogP contribution in [0.2, 0.25) is 0 Å². The fraction of sp³-hybridized carbons (Fsp3) is 0. The van der Waals surface area contributed by atoms with Crippen LogP contribution in [0.3, 0.4) is 0 Å². The van der Waals surface area contributed by atoms with Crippen LogP contribution >= 0.6 is 0 Å². The van der Waals surface area contributed by atoms with Gasteiger partial charge in [0.1, 0.15) is 4.90 Å². The van der Waals surface area contributed by atoms with Crippen LogP contribution in [0.25, 0.3) is 21.5 Å². The van der Waals surface area contributed by atoms with E-state index in [0.717, 1.165) is 0 Å². The zero-order chi connectivity index (χ0) is 23.1.